The van der Waals surface area contributed by atoms with Gasteiger partial charge in [0.1, 0.15) is 0 Å². The maximum absolute atomic E-state index is 10.7. The highest BCUT2D eigenvalue weighted by Gasteiger charge is 2.14. The molecule has 1 N–H and O–H groups in total. The van der Waals surface area contributed by atoms with Crippen LogP contribution in [0, 0.1) is 17.0 Å². The summed E-state index contributed by atoms with van der Waals surface area (Å²) in [6.07, 6.45) is 1.96. The summed E-state index contributed by atoms with van der Waals surface area (Å²) in [4.78, 5) is 10.3. The van der Waals surface area contributed by atoms with Crippen molar-refractivity contribution in [3.05, 3.63) is 50.2 Å². The van der Waals surface area contributed by atoms with Gasteiger partial charge in [0, 0.05) is 41.1 Å². The van der Waals surface area contributed by atoms with Crippen molar-refractivity contribution in [1.82, 2.24) is 9.78 Å². The van der Waals surface area contributed by atoms with Crippen LogP contribution in [0.5, 0.6) is 0 Å². The lowest BCUT2D eigenvalue weighted by Gasteiger charge is -2.15. The highest BCUT2D eigenvalue weighted by atomic mass is 79.9. The number of rotatable bonds is 4. The Balaban J connectivity index is 2.22. The third-order valence-electron chi connectivity index (χ3n) is 3.05. The first kappa shape index (κ1) is 14.5. The second kappa shape index (κ2) is 5.62. The highest BCUT2D eigenvalue weighted by Crippen LogP contribution is 2.30. The number of nitrogens with zero attached hydrogens (tertiary/aromatic N) is 3. The van der Waals surface area contributed by atoms with Gasteiger partial charge in [-0.15, -0.1) is 0 Å². The van der Waals surface area contributed by atoms with E-state index < -0.39 is 4.92 Å². The van der Waals surface area contributed by atoms with E-state index >= 15 is 0 Å². The van der Waals surface area contributed by atoms with Gasteiger partial charge >= 0.3 is 0 Å². The fourth-order valence-corrected chi connectivity index (χ4v) is 2.57. The Morgan fingerprint density at radius 3 is 2.70 bits per heavy atom. The predicted molar refractivity (Wildman–Crippen MR) is 80.8 cm³/mol. The van der Waals surface area contributed by atoms with Crippen molar-refractivity contribution in [2.45, 2.75) is 19.9 Å². The summed E-state index contributed by atoms with van der Waals surface area (Å²) in [5.41, 5.74) is 2.93. The van der Waals surface area contributed by atoms with Crippen LogP contribution in [0.15, 0.2) is 28.9 Å². The van der Waals surface area contributed by atoms with Crippen LogP contribution in [0.1, 0.15) is 24.2 Å². The summed E-state index contributed by atoms with van der Waals surface area (Å²) in [5, 5.41) is 18.3. The summed E-state index contributed by atoms with van der Waals surface area (Å²) in [5.74, 6) is 0. The summed E-state index contributed by atoms with van der Waals surface area (Å²) in [6.45, 7) is 3.98. The second-order valence-corrected chi connectivity index (χ2v) is 5.49. The summed E-state index contributed by atoms with van der Waals surface area (Å²) in [7, 11) is 1.88. The number of anilines is 1. The minimum atomic E-state index is -0.413. The van der Waals surface area contributed by atoms with E-state index in [1.165, 1.54) is 12.1 Å². The molecular formula is C13H15BrN4O2. The minimum absolute atomic E-state index is 0.0569. The number of halogens is 1. The predicted octanol–water partition coefficient (Wildman–Crippen LogP) is 3.57. The maximum Gasteiger partial charge on any atom is 0.270 e. The van der Waals surface area contributed by atoms with E-state index in [1.807, 2.05) is 27.1 Å². The fraction of sp³-hybridized carbons (Fsp3) is 0.308. The summed E-state index contributed by atoms with van der Waals surface area (Å²) in [6, 6.07) is 4.73. The second-order valence-electron chi connectivity index (χ2n) is 4.63. The van der Waals surface area contributed by atoms with Gasteiger partial charge in [-0.05, 0) is 35.8 Å². The number of nitro benzene ring substituents is 1. The molecule has 0 radical (unpaired) electrons. The number of benzene rings is 1. The Hall–Kier alpha value is -1.89. The number of non-ortho nitro benzene ring substituents is 1. The van der Waals surface area contributed by atoms with Gasteiger partial charge in [0.2, 0.25) is 0 Å². The van der Waals surface area contributed by atoms with Gasteiger partial charge in [0.25, 0.3) is 5.69 Å². The van der Waals surface area contributed by atoms with Crippen molar-refractivity contribution in [2.75, 3.05) is 5.32 Å². The van der Waals surface area contributed by atoms with Gasteiger partial charge < -0.3 is 5.32 Å². The Kier molecular flexibility index (Phi) is 4.08. The smallest absolute Gasteiger partial charge is 0.270 e. The number of aryl methyl sites for hydroxylation is 2. The molecule has 20 heavy (non-hydrogen) atoms. The molecule has 0 bridgehead atoms. The maximum atomic E-state index is 10.7. The van der Waals surface area contributed by atoms with E-state index in [0.29, 0.717) is 4.47 Å². The lowest BCUT2D eigenvalue weighted by atomic mass is 10.1. The average Bonchev–Trinajstić information content (AvgIpc) is 2.70. The molecule has 1 atom stereocenters. The fourth-order valence-electron chi connectivity index (χ4n) is 2.09. The van der Waals surface area contributed by atoms with Crippen LogP contribution in [0.3, 0.4) is 0 Å². The normalized spacial score (nSPS) is 12.2. The molecule has 0 aliphatic rings. The monoisotopic (exact) mass is 338 g/mol. The molecule has 1 aromatic heterocycles. The van der Waals surface area contributed by atoms with E-state index in [-0.39, 0.29) is 11.7 Å². The quantitative estimate of drug-likeness (QED) is 0.683. The lowest BCUT2D eigenvalue weighted by Crippen LogP contribution is -2.07. The lowest BCUT2D eigenvalue weighted by molar-refractivity contribution is -0.384. The molecule has 0 saturated heterocycles. The van der Waals surface area contributed by atoms with Crippen LogP contribution in [0.25, 0.3) is 0 Å². The van der Waals surface area contributed by atoms with Crippen molar-refractivity contribution in [3.63, 3.8) is 0 Å². The molecule has 1 unspecified atom stereocenters. The number of hydrogen-bond acceptors (Lipinski definition) is 4. The molecule has 7 heteroatoms. The van der Waals surface area contributed by atoms with Crippen LogP contribution in [0.2, 0.25) is 0 Å². The Bertz CT molecular complexity index is 654. The van der Waals surface area contributed by atoms with Crippen LogP contribution in [-0.4, -0.2) is 14.7 Å². The van der Waals surface area contributed by atoms with E-state index in [9.17, 15) is 10.1 Å². The van der Waals surface area contributed by atoms with Crippen molar-refractivity contribution in [1.29, 1.82) is 0 Å². The van der Waals surface area contributed by atoms with Crippen LogP contribution >= 0.6 is 15.9 Å². The van der Waals surface area contributed by atoms with Gasteiger partial charge in [-0.3, -0.25) is 14.8 Å². The first-order valence-corrected chi connectivity index (χ1v) is 6.88. The Morgan fingerprint density at radius 2 is 2.20 bits per heavy atom. The van der Waals surface area contributed by atoms with Crippen molar-refractivity contribution in [2.24, 2.45) is 7.05 Å². The minimum Gasteiger partial charge on any atom is -0.377 e. The first-order valence-electron chi connectivity index (χ1n) is 6.09. The van der Waals surface area contributed by atoms with Gasteiger partial charge in [0.15, 0.2) is 0 Å². The Labute approximate surface area is 125 Å². The molecule has 2 rings (SSSR count). The first-order chi connectivity index (χ1) is 9.38. The van der Waals surface area contributed by atoms with E-state index in [1.54, 1.807) is 10.7 Å². The standard InChI is InChI=1S/C13H15BrN4O2/c1-8(11-7-17(3)16-9(11)2)15-13-5-4-10(18(19)20)6-12(13)14/h4-8,15H,1-3H3. The molecule has 0 amide bonds. The largest absolute Gasteiger partial charge is 0.377 e. The van der Waals surface area contributed by atoms with Crippen molar-refractivity contribution >= 4 is 27.3 Å². The molecular weight excluding hydrogens is 324 g/mol. The van der Waals surface area contributed by atoms with Gasteiger partial charge in [-0.25, -0.2) is 0 Å². The molecule has 0 aliphatic carbocycles. The third-order valence-corrected chi connectivity index (χ3v) is 3.71. The Morgan fingerprint density at radius 1 is 1.50 bits per heavy atom. The topological polar surface area (TPSA) is 73.0 Å². The van der Waals surface area contributed by atoms with E-state index in [0.717, 1.165) is 16.9 Å². The molecule has 106 valence electrons. The van der Waals surface area contributed by atoms with Gasteiger partial charge in [0.05, 0.1) is 16.7 Å². The van der Waals surface area contributed by atoms with Crippen LogP contribution < -0.4 is 5.32 Å². The molecule has 0 aliphatic heterocycles. The third kappa shape index (κ3) is 2.98. The number of hydrogen-bond donors (Lipinski definition) is 1. The zero-order chi connectivity index (χ0) is 14.9. The van der Waals surface area contributed by atoms with E-state index in [2.05, 4.69) is 26.3 Å². The zero-order valence-corrected chi connectivity index (χ0v) is 13.0. The highest BCUT2D eigenvalue weighted by molar-refractivity contribution is 9.10. The van der Waals surface area contributed by atoms with Crippen molar-refractivity contribution in [3.8, 4) is 0 Å². The van der Waals surface area contributed by atoms with Crippen molar-refractivity contribution < 1.29 is 4.92 Å². The summed E-state index contributed by atoms with van der Waals surface area (Å²) >= 11 is 3.35. The molecule has 0 saturated carbocycles. The molecule has 6 nitrogen and oxygen atoms in total. The van der Waals surface area contributed by atoms with E-state index in [4.69, 9.17) is 0 Å². The number of aromatic nitrogens is 2. The van der Waals surface area contributed by atoms with Crippen LogP contribution in [-0.2, 0) is 7.05 Å². The SMILES string of the molecule is Cc1nn(C)cc1C(C)Nc1ccc([N+](=O)[O-])cc1Br. The molecule has 0 fully saturated rings. The summed E-state index contributed by atoms with van der Waals surface area (Å²) < 4.78 is 2.44. The average molecular weight is 339 g/mol. The molecule has 1 heterocycles. The molecule has 0 spiro atoms. The van der Waals surface area contributed by atoms with Gasteiger partial charge in [-0.2, -0.15) is 5.10 Å². The van der Waals surface area contributed by atoms with Crippen LogP contribution in [0.4, 0.5) is 11.4 Å². The number of nitrogens with one attached hydrogen (secondary N) is 1. The molecule has 2 aromatic rings. The van der Waals surface area contributed by atoms with Gasteiger partial charge in [-0.1, -0.05) is 0 Å². The molecule has 1 aromatic carbocycles. The number of nitro groups is 1. The zero-order valence-electron chi connectivity index (χ0n) is 11.4.